The number of hydrogen-bond acceptors (Lipinski definition) is 4. The van der Waals surface area contributed by atoms with Gasteiger partial charge in [-0.15, -0.1) is 0 Å². The summed E-state index contributed by atoms with van der Waals surface area (Å²) in [6.45, 7) is 6.95. The van der Waals surface area contributed by atoms with E-state index in [2.05, 4.69) is 5.32 Å². The highest BCUT2D eigenvalue weighted by Crippen LogP contribution is 2.12. The van der Waals surface area contributed by atoms with Crippen molar-refractivity contribution in [1.29, 1.82) is 0 Å². The number of carbonyl (C=O) groups is 2. The third-order valence-electron chi connectivity index (χ3n) is 2.58. The molecule has 7 heteroatoms. The number of carbonyl (C=O) groups excluding carboxylic acids is 1. The smallest absolute Gasteiger partial charge is 0.407 e. The third kappa shape index (κ3) is 4.27. The SMILES string of the molecule is CC(NC(=O)OC(C)(C)C)C(N)n1cccc1C(=O)O. The lowest BCUT2D eigenvalue weighted by Gasteiger charge is -2.26. The molecule has 0 bridgehead atoms. The highest BCUT2D eigenvalue weighted by Gasteiger charge is 2.23. The molecular weight excluding hydrogens is 262 g/mol. The van der Waals surface area contributed by atoms with Crippen LogP contribution in [0.2, 0.25) is 0 Å². The average molecular weight is 283 g/mol. The molecule has 1 rings (SSSR count). The van der Waals surface area contributed by atoms with Crippen LogP contribution in [0.25, 0.3) is 0 Å². The number of nitrogens with zero attached hydrogens (tertiary/aromatic N) is 1. The molecule has 1 heterocycles. The summed E-state index contributed by atoms with van der Waals surface area (Å²) < 4.78 is 6.52. The lowest BCUT2D eigenvalue weighted by atomic mass is 10.2. The number of carboxylic acids is 1. The molecule has 0 aliphatic heterocycles. The predicted octanol–water partition coefficient (Wildman–Crippen LogP) is 1.56. The topological polar surface area (TPSA) is 107 Å². The summed E-state index contributed by atoms with van der Waals surface area (Å²) in [5.74, 6) is -1.07. The van der Waals surface area contributed by atoms with Gasteiger partial charge in [-0.05, 0) is 39.8 Å². The normalized spacial score (nSPS) is 14.4. The molecule has 7 nitrogen and oxygen atoms in total. The van der Waals surface area contributed by atoms with Crippen LogP contribution >= 0.6 is 0 Å². The number of nitrogens with two attached hydrogens (primary N) is 1. The number of aromatic carboxylic acids is 1. The first-order valence-electron chi connectivity index (χ1n) is 6.27. The van der Waals surface area contributed by atoms with Crippen molar-refractivity contribution in [3.05, 3.63) is 24.0 Å². The lowest BCUT2D eigenvalue weighted by molar-refractivity contribution is 0.0493. The van der Waals surface area contributed by atoms with Gasteiger partial charge in [0.15, 0.2) is 0 Å². The lowest BCUT2D eigenvalue weighted by Crippen LogP contribution is -2.45. The van der Waals surface area contributed by atoms with Crippen LogP contribution in [0, 0.1) is 0 Å². The molecule has 0 saturated carbocycles. The second-order valence-corrected chi connectivity index (χ2v) is 5.53. The number of amides is 1. The van der Waals surface area contributed by atoms with Gasteiger partial charge in [0.25, 0.3) is 0 Å². The first-order chi connectivity index (χ1) is 9.11. The van der Waals surface area contributed by atoms with Crippen LogP contribution in [-0.4, -0.2) is 33.4 Å². The van der Waals surface area contributed by atoms with Crippen LogP contribution in [0.4, 0.5) is 4.79 Å². The van der Waals surface area contributed by atoms with Gasteiger partial charge in [0, 0.05) is 6.20 Å². The number of rotatable bonds is 4. The Hall–Kier alpha value is -2.02. The fourth-order valence-corrected chi connectivity index (χ4v) is 1.65. The van der Waals surface area contributed by atoms with E-state index in [0.29, 0.717) is 0 Å². The van der Waals surface area contributed by atoms with Crippen molar-refractivity contribution in [2.24, 2.45) is 5.73 Å². The molecule has 20 heavy (non-hydrogen) atoms. The Morgan fingerprint density at radius 1 is 1.45 bits per heavy atom. The predicted molar refractivity (Wildman–Crippen MR) is 73.4 cm³/mol. The van der Waals surface area contributed by atoms with E-state index in [1.165, 1.54) is 10.6 Å². The number of alkyl carbamates (subject to hydrolysis) is 1. The van der Waals surface area contributed by atoms with E-state index in [1.54, 1.807) is 40.0 Å². The van der Waals surface area contributed by atoms with Crippen LogP contribution in [-0.2, 0) is 4.74 Å². The number of carboxylic acid groups (broad SMARTS) is 1. The molecule has 0 radical (unpaired) electrons. The second kappa shape index (κ2) is 5.96. The van der Waals surface area contributed by atoms with E-state index in [-0.39, 0.29) is 5.69 Å². The zero-order valence-corrected chi connectivity index (χ0v) is 12.1. The molecule has 112 valence electrons. The van der Waals surface area contributed by atoms with E-state index < -0.39 is 29.9 Å². The van der Waals surface area contributed by atoms with E-state index in [0.717, 1.165) is 0 Å². The standard InChI is InChI=1S/C13H21N3O4/c1-8(15-12(19)20-13(2,3)4)10(14)16-7-5-6-9(16)11(17)18/h5-8,10H,14H2,1-4H3,(H,15,19)(H,17,18). The van der Waals surface area contributed by atoms with Crippen molar-refractivity contribution in [3.63, 3.8) is 0 Å². The van der Waals surface area contributed by atoms with E-state index in [4.69, 9.17) is 15.6 Å². The van der Waals surface area contributed by atoms with Crippen molar-refractivity contribution in [1.82, 2.24) is 9.88 Å². The molecule has 0 spiro atoms. The molecule has 0 aromatic carbocycles. The van der Waals surface area contributed by atoms with E-state index in [1.807, 2.05) is 0 Å². The Balaban J connectivity index is 2.72. The zero-order chi connectivity index (χ0) is 15.5. The van der Waals surface area contributed by atoms with Crippen molar-refractivity contribution < 1.29 is 19.4 Å². The maximum Gasteiger partial charge on any atom is 0.407 e. The van der Waals surface area contributed by atoms with Crippen molar-refractivity contribution >= 4 is 12.1 Å². The zero-order valence-electron chi connectivity index (χ0n) is 12.1. The molecule has 1 aromatic heterocycles. The molecule has 0 aliphatic carbocycles. The first-order valence-corrected chi connectivity index (χ1v) is 6.27. The monoisotopic (exact) mass is 283 g/mol. The molecule has 2 unspecified atom stereocenters. The van der Waals surface area contributed by atoms with Gasteiger partial charge in [0.05, 0.1) is 6.04 Å². The summed E-state index contributed by atoms with van der Waals surface area (Å²) in [6, 6.07) is 2.54. The molecule has 0 aliphatic rings. The summed E-state index contributed by atoms with van der Waals surface area (Å²) in [6.07, 6.45) is 0.259. The largest absolute Gasteiger partial charge is 0.477 e. The maximum absolute atomic E-state index is 11.6. The average Bonchev–Trinajstić information content (AvgIpc) is 2.73. The van der Waals surface area contributed by atoms with Gasteiger partial charge in [-0.25, -0.2) is 9.59 Å². The van der Waals surface area contributed by atoms with Gasteiger partial charge in [-0.1, -0.05) is 0 Å². The van der Waals surface area contributed by atoms with Crippen LogP contribution < -0.4 is 11.1 Å². The molecule has 0 fully saturated rings. The Kier molecular flexibility index (Phi) is 4.78. The summed E-state index contributed by atoms with van der Waals surface area (Å²) in [7, 11) is 0. The Labute approximate surface area is 117 Å². The van der Waals surface area contributed by atoms with E-state index in [9.17, 15) is 9.59 Å². The van der Waals surface area contributed by atoms with Gasteiger partial charge in [0.2, 0.25) is 0 Å². The summed E-state index contributed by atoms with van der Waals surface area (Å²) in [5.41, 5.74) is 5.42. The van der Waals surface area contributed by atoms with Crippen LogP contribution in [0.15, 0.2) is 18.3 Å². The molecule has 4 N–H and O–H groups in total. The second-order valence-electron chi connectivity index (χ2n) is 5.53. The van der Waals surface area contributed by atoms with Gasteiger partial charge >= 0.3 is 12.1 Å². The van der Waals surface area contributed by atoms with Crippen LogP contribution in [0.3, 0.4) is 0 Å². The van der Waals surface area contributed by atoms with Crippen molar-refractivity contribution in [2.45, 2.75) is 45.5 Å². The molecule has 2 atom stereocenters. The highest BCUT2D eigenvalue weighted by molar-refractivity contribution is 5.85. The quantitative estimate of drug-likeness (QED) is 0.777. The van der Waals surface area contributed by atoms with Crippen molar-refractivity contribution in [2.75, 3.05) is 0 Å². The maximum atomic E-state index is 11.6. The van der Waals surface area contributed by atoms with Gasteiger partial charge in [0.1, 0.15) is 17.5 Å². The first kappa shape index (κ1) is 16.0. The van der Waals surface area contributed by atoms with Crippen molar-refractivity contribution in [3.8, 4) is 0 Å². The Morgan fingerprint density at radius 2 is 2.05 bits per heavy atom. The summed E-state index contributed by atoms with van der Waals surface area (Å²) >= 11 is 0. The molecule has 0 saturated heterocycles. The fourth-order valence-electron chi connectivity index (χ4n) is 1.65. The number of aromatic nitrogens is 1. The Morgan fingerprint density at radius 3 is 2.55 bits per heavy atom. The van der Waals surface area contributed by atoms with Gasteiger partial charge in [-0.2, -0.15) is 0 Å². The van der Waals surface area contributed by atoms with Gasteiger partial charge < -0.3 is 25.5 Å². The minimum absolute atomic E-state index is 0.0651. The third-order valence-corrected chi connectivity index (χ3v) is 2.58. The molecule has 1 aromatic rings. The number of nitrogens with one attached hydrogen (secondary N) is 1. The number of hydrogen-bond donors (Lipinski definition) is 3. The summed E-state index contributed by atoms with van der Waals surface area (Å²) in [4.78, 5) is 22.7. The minimum Gasteiger partial charge on any atom is -0.477 e. The number of ether oxygens (including phenoxy) is 1. The summed E-state index contributed by atoms with van der Waals surface area (Å²) in [5, 5.41) is 11.6. The molecular formula is C13H21N3O4. The Bertz CT molecular complexity index is 490. The van der Waals surface area contributed by atoms with Crippen LogP contribution in [0.1, 0.15) is 44.3 Å². The highest BCUT2D eigenvalue weighted by atomic mass is 16.6. The van der Waals surface area contributed by atoms with E-state index >= 15 is 0 Å². The fraction of sp³-hybridized carbons (Fsp3) is 0.538. The minimum atomic E-state index is -1.07. The van der Waals surface area contributed by atoms with Gasteiger partial charge in [-0.3, -0.25) is 0 Å². The van der Waals surface area contributed by atoms with Crippen LogP contribution in [0.5, 0.6) is 0 Å². The molecule has 1 amide bonds.